The summed E-state index contributed by atoms with van der Waals surface area (Å²) in [5.74, 6) is 0.514. The lowest BCUT2D eigenvalue weighted by Crippen LogP contribution is -2.37. The Labute approximate surface area is 158 Å². The van der Waals surface area contributed by atoms with Crippen molar-refractivity contribution in [1.29, 1.82) is 0 Å². The van der Waals surface area contributed by atoms with E-state index in [1.807, 2.05) is 30.3 Å². The normalized spacial score (nSPS) is 10.8. The quantitative estimate of drug-likeness (QED) is 0.413. The molecule has 0 saturated carbocycles. The molecule has 6 heteroatoms. The number of nitrogens with one attached hydrogen (secondary N) is 2. The molecule has 0 unspecified atom stereocenters. The highest BCUT2D eigenvalue weighted by molar-refractivity contribution is 14.0. The van der Waals surface area contributed by atoms with Gasteiger partial charge in [-0.3, -0.25) is 4.99 Å². The minimum Gasteiger partial charge on any atom is -0.356 e. The minimum atomic E-state index is -0.173. The summed E-state index contributed by atoms with van der Waals surface area (Å²) in [4.78, 5) is 4.15. The first-order chi connectivity index (χ1) is 10.7. The molecule has 23 heavy (non-hydrogen) atoms. The van der Waals surface area contributed by atoms with Gasteiger partial charge in [-0.25, -0.2) is 4.39 Å². The van der Waals surface area contributed by atoms with Crippen molar-refractivity contribution in [2.24, 2.45) is 4.99 Å². The Morgan fingerprint density at radius 1 is 1.09 bits per heavy atom. The van der Waals surface area contributed by atoms with Gasteiger partial charge in [-0.15, -0.1) is 24.0 Å². The predicted octanol–water partition coefficient (Wildman–Crippen LogP) is 4.00. The number of hydrogen-bond donors (Lipinski definition) is 2. The standard InChI is InChI=1S/C17H19ClFN3.HI/c1-20-17(22-12-13-6-8-15(18)9-7-13)21-11-10-14-4-2-3-5-16(14)19;/h2-9H,10-12H2,1H3,(H2,20,21,22);1H. The van der Waals surface area contributed by atoms with Crippen LogP contribution in [0, 0.1) is 5.82 Å². The lowest BCUT2D eigenvalue weighted by Gasteiger charge is -2.12. The molecule has 0 heterocycles. The van der Waals surface area contributed by atoms with Crippen molar-refractivity contribution in [2.75, 3.05) is 13.6 Å². The second kappa shape index (κ2) is 10.4. The van der Waals surface area contributed by atoms with Crippen LogP contribution in [-0.4, -0.2) is 19.6 Å². The summed E-state index contributed by atoms with van der Waals surface area (Å²) in [6, 6.07) is 14.4. The van der Waals surface area contributed by atoms with Crippen LogP contribution in [0.4, 0.5) is 4.39 Å². The fourth-order valence-electron chi connectivity index (χ4n) is 2.03. The molecular formula is C17H20ClFIN3. The van der Waals surface area contributed by atoms with Crippen molar-refractivity contribution in [2.45, 2.75) is 13.0 Å². The number of rotatable bonds is 5. The Morgan fingerprint density at radius 3 is 2.43 bits per heavy atom. The van der Waals surface area contributed by atoms with E-state index in [2.05, 4.69) is 15.6 Å². The molecule has 0 fully saturated rings. The molecular weight excluding hydrogens is 428 g/mol. The van der Waals surface area contributed by atoms with Crippen molar-refractivity contribution in [3.05, 3.63) is 70.5 Å². The van der Waals surface area contributed by atoms with E-state index in [1.165, 1.54) is 6.07 Å². The maximum Gasteiger partial charge on any atom is 0.191 e. The van der Waals surface area contributed by atoms with E-state index in [0.717, 1.165) is 10.6 Å². The van der Waals surface area contributed by atoms with Gasteiger partial charge in [-0.2, -0.15) is 0 Å². The summed E-state index contributed by atoms with van der Waals surface area (Å²) in [7, 11) is 1.71. The Kier molecular flexibility index (Phi) is 8.94. The zero-order valence-corrected chi connectivity index (χ0v) is 15.9. The molecule has 0 bridgehead atoms. The summed E-state index contributed by atoms with van der Waals surface area (Å²) in [5.41, 5.74) is 1.81. The van der Waals surface area contributed by atoms with Gasteiger partial charge < -0.3 is 10.6 Å². The molecule has 0 amide bonds. The lowest BCUT2D eigenvalue weighted by molar-refractivity contribution is 0.606. The van der Waals surface area contributed by atoms with E-state index < -0.39 is 0 Å². The minimum absolute atomic E-state index is 0. The van der Waals surface area contributed by atoms with Crippen LogP contribution in [0.2, 0.25) is 5.02 Å². The number of nitrogens with zero attached hydrogens (tertiary/aromatic N) is 1. The smallest absolute Gasteiger partial charge is 0.191 e. The number of guanidine groups is 1. The molecule has 0 atom stereocenters. The van der Waals surface area contributed by atoms with Crippen LogP contribution in [0.3, 0.4) is 0 Å². The maximum atomic E-state index is 13.5. The molecule has 124 valence electrons. The van der Waals surface area contributed by atoms with Crippen molar-refractivity contribution in [3.8, 4) is 0 Å². The molecule has 0 aliphatic rings. The topological polar surface area (TPSA) is 36.4 Å². The lowest BCUT2D eigenvalue weighted by atomic mass is 10.1. The van der Waals surface area contributed by atoms with Gasteiger partial charge in [-0.05, 0) is 35.7 Å². The Morgan fingerprint density at radius 2 is 1.78 bits per heavy atom. The Balaban J connectivity index is 0.00000264. The van der Waals surface area contributed by atoms with Crippen LogP contribution in [0.5, 0.6) is 0 Å². The van der Waals surface area contributed by atoms with Crippen LogP contribution < -0.4 is 10.6 Å². The average Bonchev–Trinajstić information content (AvgIpc) is 2.54. The number of halogens is 3. The fraction of sp³-hybridized carbons (Fsp3) is 0.235. The van der Waals surface area contributed by atoms with E-state index in [0.29, 0.717) is 31.0 Å². The summed E-state index contributed by atoms with van der Waals surface area (Å²) in [5, 5.41) is 7.10. The molecule has 0 saturated heterocycles. The van der Waals surface area contributed by atoms with Gasteiger partial charge in [0.05, 0.1) is 0 Å². The van der Waals surface area contributed by atoms with E-state index in [9.17, 15) is 4.39 Å². The predicted molar refractivity (Wildman–Crippen MR) is 105 cm³/mol. The third kappa shape index (κ3) is 6.74. The number of hydrogen-bond acceptors (Lipinski definition) is 1. The molecule has 0 spiro atoms. The van der Waals surface area contributed by atoms with Gasteiger partial charge in [0, 0.05) is 25.2 Å². The largest absolute Gasteiger partial charge is 0.356 e. The maximum absolute atomic E-state index is 13.5. The summed E-state index contributed by atoms with van der Waals surface area (Å²) >= 11 is 5.85. The van der Waals surface area contributed by atoms with Gasteiger partial charge in [0.1, 0.15) is 5.82 Å². The van der Waals surface area contributed by atoms with Crippen LogP contribution in [0.15, 0.2) is 53.5 Å². The highest BCUT2D eigenvalue weighted by Crippen LogP contribution is 2.09. The average molecular weight is 448 g/mol. The van der Waals surface area contributed by atoms with Gasteiger partial charge in [-0.1, -0.05) is 41.9 Å². The number of aliphatic imine (C=N–C) groups is 1. The van der Waals surface area contributed by atoms with Gasteiger partial charge in [0.15, 0.2) is 5.96 Å². The SMILES string of the molecule is CN=C(NCCc1ccccc1F)NCc1ccc(Cl)cc1.I. The van der Waals surface area contributed by atoms with Gasteiger partial charge in [0.25, 0.3) is 0 Å². The first kappa shape index (κ1) is 19.7. The summed E-state index contributed by atoms with van der Waals surface area (Å²) < 4.78 is 13.5. The molecule has 0 aliphatic heterocycles. The van der Waals surface area contributed by atoms with Crippen LogP contribution in [-0.2, 0) is 13.0 Å². The van der Waals surface area contributed by atoms with E-state index in [-0.39, 0.29) is 29.8 Å². The molecule has 2 aromatic carbocycles. The molecule has 3 nitrogen and oxygen atoms in total. The zero-order chi connectivity index (χ0) is 15.8. The third-order valence-electron chi connectivity index (χ3n) is 3.24. The van der Waals surface area contributed by atoms with Crippen molar-refractivity contribution < 1.29 is 4.39 Å². The molecule has 0 aromatic heterocycles. The number of benzene rings is 2. The van der Waals surface area contributed by atoms with E-state index in [1.54, 1.807) is 19.2 Å². The monoisotopic (exact) mass is 447 g/mol. The second-order valence-electron chi connectivity index (χ2n) is 4.82. The molecule has 0 aliphatic carbocycles. The Bertz CT molecular complexity index is 632. The molecule has 2 aromatic rings. The molecule has 2 N–H and O–H groups in total. The van der Waals surface area contributed by atoms with Crippen molar-refractivity contribution >= 4 is 41.5 Å². The van der Waals surface area contributed by atoms with Crippen LogP contribution >= 0.6 is 35.6 Å². The van der Waals surface area contributed by atoms with Gasteiger partial charge >= 0.3 is 0 Å². The third-order valence-corrected chi connectivity index (χ3v) is 3.49. The Hall–Kier alpha value is -1.34. The molecule has 0 radical (unpaired) electrons. The van der Waals surface area contributed by atoms with Crippen molar-refractivity contribution in [3.63, 3.8) is 0 Å². The highest BCUT2D eigenvalue weighted by Gasteiger charge is 2.02. The first-order valence-electron chi connectivity index (χ1n) is 7.11. The van der Waals surface area contributed by atoms with Crippen LogP contribution in [0.1, 0.15) is 11.1 Å². The van der Waals surface area contributed by atoms with E-state index >= 15 is 0 Å². The summed E-state index contributed by atoms with van der Waals surface area (Å²) in [6.45, 7) is 1.26. The fourth-order valence-corrected chi connectivity index (χ4v) is 2.15. The van der Waals surface area contributed by atoms with Crippen LogP contribution in [0.25, 0.3) is 0 Å². The molecule has 2 rings (SSSR count). The first-order valence-corrected chi connectivity index (χ1v) is 7.49. The van der Waals surface area contributed by atoms with Crippen molar-refractivity contribution in [1.82, 2.24) is 10.6 Å². The summed E-state index contributed by atoms with van der Waals surface area (Å²) in [6.07, 6.45) is 0.605. The van der Waals surface area contributed by atoms with Gasteiger partial charge in [0.2, 0.25) is 0 Å². The zero-order valence-electron chi connectivity index (χ0n) is 12.9. The second-order valence-corrected chi connectivity index (χ2v) is 5.26. The van der Waals surface area contributed by atoms with E-state index in [4.69, 9.17) is 11.6 Å². The highest BCUT2D eigenvalue weighted by atomic mass is 127.